The number of thiazole rings is 1. The maximum atomic E-state index is 13.0. The number of benzene rings is 4. The summed E-state index contributed by atoms with van der Waals surface area (Å²) < 4.78 is 9.23. The van der Waals surface area contributed by atoms with Gasteiger partial charge in [-0.3, -0.25) is 4.79 Å². The van der Waals surface area contributed by atoms with Crippen molar-refractivity contribution in [3.8, 4) is 5.75 Å². The molecule has 0 saturated carbocycles. The molecule has 0 aliphatic heterocycles. The van der Waals surface area contributed by atoms with Gasteiger partial charge in [-0.1, -0.05) is 65.9 Å². The minimum Gasteiger partial charge on any atom is -0.488 e. The van der Waals surface area contributed by atoms with Gasteiger partial charge in [0.15, 0.2) is 4.96 Å². The Morgan fingerprint density at radius 1 is 0.939 bits per heavy atom. The zero-order valence-corrected chi connectivity index (χ0v) is 19.8. The number of rotatable bonds is 4. The third kappa shape index (κ3) is 3.71. The fraction of sp³-hybridized carbons (Fsp3) is 0.0370. The lowest BCUT2D eigenvalue weighted by atomic mass is 10.1. The van der Waals surface area contributed by atoms with E-state index in [9.17, 15) is 4.79 Å². The van der Waals surface area contributed by atoms with E-state index in [-0.39, 0.29) is 5.56 Å². The smallest absolute Gasteiger partial charge is 0.274 e. The van der Waals surface area contributed by atoms with Crippen molar-refractivity contribution in [1.29, 1.82) is 0 Å². The van der Waals surface area contributed by atoms with Crippen LogP contribution in [0.1, 0.15) is 11.1 Å². The van der Waals surface area contributed by atoms with Crippen LogP contribution in [0.25, 0.3) is 32.8 Å². The molecule has 0 amide bonds. The van der Waals surface area contributed by atoms with Gasteiger partial charge in [-0.25, -0.2) is 9.38 Å². The topological polar surface area (TPSA) is 43.6 Å². The number of aromatic nitrogens is 2. The first-order chi connectivity index (χ1) is 16.2. The van der Waals surface area contributed by atoms with Crippen molar-refractivity contribution in [3.63, 3.8) is 0 Å². The molecular formula is C27H17BrN2O2S. The lowest BCUT2D eigenvalue weighted by molar-refractivity contribution is 0.304. The molecule has 33 heavy (non-hydrogen) atoms. The van der Waals surface area contributed by atoms with Crippen LogP contribution in [0, 0.1) is 0 Å². The van der Waals surface area contributed by atoms with E-state index in [4.69, 9.17) is 4.74 Å². The van der Waals surface area contributed by atoms with Crippen molar-refractivity contribution >= 4 is 60.1 Å². The Balaban J connectivity index is 1.27. The molecule has 6 heteroatoms. The number of fused-ring (bicyclic) bond motifs is 4. The van der Waals surface area contributed by atoms with Gasteiger partial charge in [0.1, 0.15) is 12.4 Å². The minimum absolute atomic E-state index is 0.0450. The molecule has 2 aromatic heterocycles. The van der Waals surface area contributed by atoms with Gasteiger partial charge in [0.05, 0.1) is 20.0 Å². The Morgan fingerprint density at radius 2 is 1.76 bits per heavy atom. The molecule has 0 bridgehead atoms. The van der Waals surface area contributed by atoms with Crippen LogP contribution in [0.4, 0.5) is 0 Å². The summed E-state index contributed by atoms with van der Waals surface area (Å²) in [5.41, 5.74) is 3.67. The first-order valence-electron chi connectivity index (χ1n) is 10.5. The molecule has 0 N–H and O–H groups in total. The van der Waals surface area contributed by atoms with Gasteiger partial charge in [0.25, 0.3) is 5.56 Å². The van der Waals surface area contributed by atoms with Gasteiger partial charge in [-0.2, -0.15) is 0 Å². The van der Waals surface area contributed by atoms with Gasteiger partial charge < -0.3 is 4.74 Å². The fourth-order valence-corrected chi connectivity index (χ4v) is 5.47. The first-order valence-corrected chi connectivity index (χ1v) is 12.1. The fourth-order valence-electron chi connectivity index (χ4n) is 3.98. The molecule has 6 aromatic rings. The largest absolute Gasteiger partial charge is 0.488 e. The van der Waals surface area contributed by atoms with Gasteiger partial charge in [-0.05, 0) is 74.2 Å². The van der Waals surface area contributed by atoms with Gasteiger partial charge >= 0.3 is 0 Å². The quantitative estimate of drug-likeness (QED) is 0.293. The van der Waals surface area contributed by atoms with Crippen molar-refractivity contribution in [2.45, 2.75) is 6.61 Å². The summed E-state index contributed by atoms with van der Waals surface area (Å²) in [6, 6.07) is 28.2. The number of hydrogen-bond donors (Lipinski definition) is 0. The van der Waals surface area contributed by atoms with Crippen LogP contribution in [0.5, 0.6) is 5.75 Å². The molecule has 0 aliphatic rings. The summed E-state index contributed by atoms with van der Waals surface area (Å²) in [5, 5.41) is 2.42. The molecule has 0 atom stereocenters. The SMILES string of the molecule is O=c1c(=Cc2ccc(OCc3ccc4ccccc4c3)c(Br)c2)sc2nc3ccccc3n12. The summed E-state index contributed by atoms with van der Waals surface area (Å²) in [7, 11) is 0. The predicted molar refractivity (Wildman–Crippen MR) is 138 cm³/mol. The molecule has 0 spiro atoms. The standard InChI is InChI=1S/C27H17BrN2O2S/c28-21-14-17(15-25-26(31)30-23-8-4-3-7-22(23)29-27(30)33-25)10-12-24(21)32-16-18-9-11-19-5-1-2-6-20(19)13-18/h1-15H,16H2. The molecule has 4 nitrogen and oxygen atoms in total. The number of imidazole rings is 1. The first kappa shape index (κ1) is 20.1. The highest BCUT2D eigenvalue weighted by Crippen LogP contribution is 2.28. The van der Waals surface area contributed by atoms with Crippen LogP contribution in [0.15, 0.2) is 94.2 Å². The second-order valence-electron chi connectivity index (χ2n) is 7.79. The maximum Gasteiger partial charge on any atom is 0.274 e. The molecule has 0 saturated heterocycles. The van der Waals surface area contributed by atoms with E-state index < -0.39 is 0 Å². The molecule has 0 radical (unpaired) electrons. The van der Waals surface area contributed by atoms with Crippen molar-refractivity contribution in [1.82, 2.24) is 9.38 Å². The Bertz CT molecular complexity index is 1770. The maximum absolute atomic E-state index is 13.0. The molecule has 0 fully saturated rings. The molecule has 0 unspecified atom stereocenters. The monoisotopic (exact) mass is 512 g/mol. The molecule has 160 valence electrons. The van der Waals surface area contributed by atoms with Crippen LogP contribution in [-0.4, -0.2) is 9.38 Å². The highest BCUT2D eigenvalue weighted by atomic mass is 79.9. The Hall–Kier alpha value is -3.48. The Kier molecular flexibility index (Phi) is 4.97. The molecule has 6 rings (SSSR count). The van der Waals surface area contributed by atoms with E-state index in [0.29, 0.717) is 16.1 Å². The van der Waals surface area contributed by atoms with E-state index in [1.165, 1.54) is 22.1 Å². The van der Waals surface area contributed by atoms with Crippen LogP contribution in [0.2, 0.25) is 0 Å². The summed E-state index contributed by atoms with van der Waals surface area (Å²) in [6.07, 6.45) is 1.90. The Morgan fingerprint density at radius 3 is 2.64 bits per heavy atom. The van der Waals surface area contributed by atoms with Crippen molar-refractivity contribution in [2.75, 3.05) is 0 Å². The van der Waals surface area contributed by atoms with Crippen molar-refractivity contribution < 1.29 is 4.74 Å². The van der Waals surface area contributed by atoms with E-state index in [1.54, 1.807) is 4.40 Å². The van der Waals surface area contributed by atoms with Crippen LogP contribution >= 0.6 is 27.3 Å². The lowest BCUT2D eigenvalue weighted by Gasteiger charge is -2.10. The third-order valence-corrected chi connectivity index (χ3v) is 7.20. The van der Waals surface area contributed by atoms with Gasteiger partial charge in [0.2, 0.25) is 0 Å². The van der Waals surface area contributed by atoms with Crippen LogP contribution in [-0.2, 0) is 6.61 Å². The number of ether oxygens (including phenoxy) is 1. The van der Waals surface area contributed by atoms with Gasteiger partial charge in [-0.15, -0.1) is 0 Å². The van der Waals surface area contributed by atoms with Crippen molar-refractivity contribution in [3.05, 3.63) is 115 Å². The molecule has 0 aliphatic carbocycles. The normalized spacial score (nSPS) is 12.2. The van der Waals surface area contributed by atoms with E-state index in [2.05, 4.69) is 51.2 Å². The van der Waals surface area contributed by atoms with E-state index >= 15 is 0 Å². The van der Waals surface area contributed by atoms with Gasteiger partial charge in [0, 0.05) is 0 Å². The highest BCUT2D eigenvalue weighted by Gasteiger charge is 2.11. The summed E-state index contributed by atoms with van der Waals surface area (Å²) >= 11 is 5.01. The van der Waals surface area contributed by atoms with Crippen molar-refractivity contribution in [2.24, 2.45) is 0 Å². The summed E-state index contributed by atoms with van der Waals surface area (Å²) in [5.74, 6) is 0.759. The second kappa shape index (κ2) is 8.14. The third-order valence-electron chi connectivity index (χ3n) is 5.61. The summed E-state index contributed by atoms with van der Waals surface area (Å²) in [6.45, 7) is 0.479. The predicted octanol–water partition coefficient (Wildman–Crippen LogP) is 5.95. The molecular weight excluding hydrogens is 496 g/mol. The number of nitrogens with zero attached hydrogens (tertiary/aromatic N) is 2. The van der Waals surface area contributed by atoms with Crippen LogP contribution in [0.3, 0.4) is 0 Å². The average Bonchev–Trinajstić information content (AvgIpc) is 3.34. The number of halogens is 1. The zero-order valence-electron chi connectivity index (χ0n) is 17.4. The zero-order chi connectivity index (χ0) is 22.4. The summed E-state index contributed by atoms with van der Waals surface area (Å²) in [4.78, 5) is 18.3. The number of hydrogen-bond acceptors (Lipinski definition) is 4. The lowest BCUT2D eigenvalue weighted by Crippen LogP contribution is -2.22. The van der Waals surface area contributed by atoms with E-state index in [1.807, 2.05) is 60.7 Å². The van der Waals surface area contributed by atoms with E-state index in [0.717, 1.165) is 32.4 Å². The Labute approximate surface area is 201 Å². The van der Waals surface area contributed by atoms with Crippen LogP contribution < -0.4 is 14.8 Å². The second-order valence-corrected chi connectivity index (χ2v) is 9.66. The molecule has 4 aromatic carbocycles. The minimum atomic E-state index is -0.0450. The molecule has 2 heterocycles. The number of para-hydroxylation sites is 2. The highest BCUT2D eigenvalue weighted by molar-refractivity contribution is 9.10. The average molecular weight is 513 g/mol.